The number of benzene rings is 2. The average Bonchev–Trinajstić information content (AvgIpc) is 2.97. The SMILES string of the molecule is COc1ccc(C2=C(OC(C)=O)C(=O)N(CCN(C)C)c3ccc(OC4=CC=CCC4)cc3S2)cc1F. The zero-order valence-electron chi connectivity index (χ0n) is 21.2. The Morgan fingerprint density at radius 3 is 2.65 bits per heavy atom. The molecule has 0 atom stereocenters. The Morgan fingerprint density at radius 1 is 1.19 bits per heavy atom. The molecule has 0 unspecified atom stereocenters. The fourth-order valence-electron chi connectivity index (χ4n) is 3.92. The van der Waals surface area contributed by atoms with E-state index in [2.05, 4.69) is 6.08 Å². The summed E-state index contributed by atoms with van der Waals surface area (Å²) in [5.74, 6) is -0.342. The van der Waals surface area contributed by atoms with Crippen molar-refractivity contribution in [1.29, 1.82) is 0 Å². The highest BCUT2D eigenvalue weighted by Gasteiger charge is 2.33. The smallest absolute Gasteiger partial charge is 0.308 e. The van der Waals surface area contributed by atoms with E-state index in [1.807, 2.05) is 49.3 Å². The van der Waals surface area contributed by atoms with E-state index < -0.39 is 17.7 Å². The zero-order valence-corrected chi connectivity index (χ0v) is 22.1. The van der Waals surface area contributed by atoms with Gasteiger partial charge in [0.05, 0.1) is 17.7 Å². The number of carbonyl (C=O) groups is 2. The molecule has 0 N–H and O–H groups in total. The molecule has 1 heterocycles. The molecule has 0 aromatic heterocycles. The lowest BCUT2D eigenvalue weighted by Crippen LogP contribution is -2.38. The predicted octanol–water partition coefficient (Wildman–Crippen LogP) is 5.38. The van der Waals surface area contributed by atoms with E-state index in [4.69, 9.17) is 14.2 Å². The van der Waals surface area contributed by atoms with Gasteiger partial charge in [0.25, 0.3) is 5.91 Å². The molecule has 7 nitrogen and oxygen atoms in total. The molecular weight excluding hydrogens is 495 g/mol. The highest BCUT2D eigenvalue weighted by molar-refractivity contribution is 8.08. The summed E-state index contributed by atoms with van der Waals surface area (Å²) >= 11 is 1.23. The highest BCUT2D eigenvalue weighted by atomic mass is 32.2. The first-order valence-corrected chi connectivity index (χ1v) is 12.7. The van der Waals surface area contributed by atoms with Crippen LogP contribution in [-0.2, 0) is 14.3 Å². The van der Waals surface area contributed by atoms with E-state index in [0.717, 1.165) is 18.6 Å². The van der Waals surface area contributed by atoms with Crippen molar-refractivity contribution in [2.24, 2.45) is 0 Å². The number of esters is 1. The molecule has 2 aromatic carbocycles. The number of rotatable bonds is 8. The third kappa shape index (κ3) is 6.23. The quantitative estimate of drug-likeness (QED) is 0.430. The third-order valence-electron chi connectivity index (χ3n) is 5.73. The number of halogens is 1. The molecule has 0 radical (unpaired) electrons. The molecule has 194 valence electrons. The number of carbonyl (C=O) groups excluding carboxylic acids is 2. The van der Waals surface area contributed by atoms with E-state index in [1.54, 1.807) is 11.0 Å². The minimum atomic E-state index is -0.643. The molecule has 4 rings (SSSR count). The topological polar surface area (TPSA) is 68.3 Å². The maximum Gasteiger partial charge on any atom is 0.308 e. The standard InChI is InChI=1S/C28H29FN2O5S/c1-18(32)35-26-27(19-10-13-24(34-4)22(29)16-19)37-25-17-21(36-20-8-6-5-7-9-20)11-12-23(25)31(28(26)33)15-14-30(2)3/h5-6,8,10-13,16-17H,7,9,14-15H2,1-4H3. The lowest BCUT2D eigenvalue weighted by Gasteiger charge is -2.25. The van der Waals surface area contributed by atoms with Gasteiger partial charge in [-0.25, -0.2) is 4.39 Å². The summed E-state index contributed by atoms with van der Waals surface area (Å²) in [4.78, 5) is 30.5. The van der Waals surface area contributed by atoms with Gasteiger partial charge >= 0.3 is 5.97 Å². The van der Waals surface area contributed by atoms with Gasteiger partial charge in [0.1, 0.15) is 11.5 Å². The minimum Gasteiger partial charge on any atom is -0.494 e. The van der Waals surface area contributed by atoms with Crippen molar-refractivity contribution < 1.29 is 28.2 Å². The number of thioether (sulfide) groups is 1. The monoisotopic (exact) mass is 524 g/mol. The number of methoxy groups -OCH3 is 1. The number of nitrogens with zero attached hydrogens (tertiary/aromatic N) is 2. The molecule has 0 fully saturated rings. The van der Waals surface area contributed by atoms with Crippen LogP contribution in [0.3, 0.4) is 0 Å². The van der Waals surface area contributed by atoms with Gasteiger partial charge in [-0.2, -0.15) is 0 Å². The minimum absolute atomic E-state index is 0.0711. The Bertz CT molecular complexity index is 1300. The van der Waals surface area contributed by atoms with Gasteiger partial charge in [-0.3, -0.25) is 9.59 Å². The van der Waals surface area contributed by atoms with Crippen LogP contribution in [0, 0.1) is 5.82 Å². The summed E-state index contributed by atoms with van der Waals surface area (Å²) in [5, 5.41) is 0. The van der Waals surface area contributed by atoms with Crippen LogP contribution < -0.4 is 14.4 Å². The van der Waals surface area contributed by atoms with E-state index >= 15 is 0 Å². The number of ether oxygens (including phenoxy) is 3. The lowest BCUT2D eigenvalue weighted by atomic mass is 10.1. The second kappa shape index (κ2) is 11.7. The van der Waals surface area contributed by atoms with Gasteiger partial charge in [-0.15, -0.1) is 0 Å². The number of hydrogen-bond donors (Lipinski definition) is 0. The van der Waals surface area contributed by atoms with E-state index in [0.29, 0.717) is 39.9 Å². The van der Waals surface area contributed by atoms with Crippen molar-refractivity contribution in [2.75, 3.05) is 39.2 Å². The van der Waals surface area contributed by atoms with E-state index in [-0.39, 0.29) is 11.5 Å². The molecule has 0 saturated carbocycles. The first-order chi connectivity index (χ1) is 17.8. The number of amides is 1. The third-order valence-corrected chi connectivity index (χ3v) is 6.91. The van der Waals surface area contributed by atoms with Crippen LogP contribution in [0.2, 0.25) is 0 Å². The molecule has 2 aromatic rings. The van der Waals surface area contributed by atoms with Crippen molar-refractivity contribution in [3.05, 3.63) is 77.5 Å². The van der Waals surface area contributed by atoms with Gasteiger partial charge in [0.2, 0.25) is 5.76 Å². The lowest BCUT2D eigenvalue weighted by molar-refractivity contribution is -0.140. The zero-order chi connectivity index (χ0) is 26.5. The normalized spacial score (nSPS) is 15.4. The molecule has 0 spiro atoms. The summed E-state index contributed by atoms with van der Waals surface area (Å²) in [5.41, 5.74) is 1.04. The van der Waals surface area contributed by atoms with Crippen LogP contribution in [0.15, 0.2) is 71.0 Å². The van der Waals surface area contributed by atoms with Crippen LogP contribution in [0.4, 0.5) is 10.1 Å². The van der Waals surface area contributed by atoms with Crippen molar-refractivity contribution >= 4 is 34.2 Å². The first-order valence-electron chi connectivity index (χ1n) is 11.9. The largest absolute Gasteiger partial charge is 0.494 e. The van der Waals surface area contributed by atoms with E-state index in [9.17, 15) is 14.0 Å². The second-order valence-electron chi connectivity index (χ2n) is 8.79. The van der Waals surface area contributed by atoms with Crippen molar-refractivity contribution in [2.45, 2.75) is 24.7 Å². The number of likely N-dealkylation sites (N-methyl/N-ethyl adjacent to an activating group) is 1. The molecular formula is C28H29FN2O5S. The molecule has 1 aliphatic carbocycles. The average molecular weight is 525 g/mol. The highest BCUT2D eigenvalue weighted by Crippen LogP contribution is 2.47. The maximum atomic E-state index is 14.7. The van der Waals surface area contributed by atoms with Crippen molar-refractivity contribution in [3.63, 3.8) is 0 Å². The molecule has 2 aliphatic rings. The summed E-state index contributed by atoms with van der Waals surface area (Å²) in [7, 11) is 5.20. The number of fused-ring (bicyclic) bond motifs is 1. The molecule has 0 saturated heterocycles. The maximum absolute atomic E-state index is 14.7. The summed E-state index contributed by atoms with van der Waals surface area (Å²) in [6, 6.07) is 9.88. The Hall–Kier alpha value is -3.56. The summed E-state index contributed by atoms with van der Waals surface area (Å²) < 4.78 is 31.3. The van der Waals surface area contributed by atoms with Crippen LogP contribution in [0.5, 0.6) is 11.5 Å². The van der Waals surface area contributed by atoms with Gasteiger partial charge < -0.3 is 24.0 Å². The second-order valence-corrected chi connectivity index (χ2v) is 9.85. The van der Waals surface area contributed by atoms with Gasteiger partial charge in [-0.1, -0.05) is 23.9 Å². The molecule has 9 heteroatoms. The fraction of sp³-hybridized carbons (Fsp3) is 0.286. The molecule has 37 heavy (non-hydrogen) atoms. The first kappa shape index (κ1) is 26.5. The van der Waals surface area contributed by atoms with Crippen LogP contribution >= 0.6 is 11.8 Å². The Morgan fingerprint density at radius 2 is 2.00 bits per heavy atom. The van der Waals surface area contributed by atoms with E-state index in [1.165, 1.54) is 37.9 Å². The number of hydrogen-bond acceptors (Lipinski definition) is 7. The van der Waals surface area contributed by atoms with Crippen LogP contribution in [-0.4, -0.2) is 51.1 Å². The Kier molecular flexibility index (Phi) is 8.35. The molecule has 1 amide bonds. The van der Waals surface area contributed by atoms with Crippen LogP contribution in [0.25, 0.3) is 4.91 Å². The Balaban J connectivity index is 1.84. The summed E-state index contributed by atoms with van der Waals surface area (Å²) in [6.45, 7) is 2.16. The van der Waals surface area contributed by atoms with Crippen molar-refractivity contribution in [3.8, 4) is 11.5 Å². The molecule has 1 aliphatic heterocycles. The van der Waals surface area contributed by atoms with Gasteiger partial charge in [0.15, 0.2) is 11.6 Å². The van der Waals surface area contributed by atoms with Crippen molar-refractivity contribution in [1.82, 2.24) is 4.90 Å². The van der Waals surface area contributed by atoms with Gasteiger partial charge in [0, 0.05) is 31.3 Å². The number of allylic oxidation sites excluding steroid dienone is 4. The Labute approximate surface area is 220 Å². The summed E-state index contributed by atoms with van der Waals surface area (Å²) in [6.07, 6.45) is 7.67. The number of anilines is 1. The molecule has 0 bridgehead atoms. The predicted molar refractivity (Wildman–Crippen MR) is 142 cm³/mol. The van der Waals surface area contributed by atoms with Crippen LogP contribution in [0.1, 0.15) is 25.3 Å². The fourth-order valence-corrected chi connectivity index (χ4v) is 5.06. The van der Waals surface area contributed by atoms with Gasteiger partial charge in [-0.05, 0) is 68.6 Å².